The summed E-state index contributed by atoms with van der Waals surface area (Å²) in [5, 5.41) is 10.5. The fourth-order valence-electron chi connectivity index (χ4n) is 1.87. The lowest BCUT2D eigenvalue weighted by Crippen LogP contribution is -2.27. The van der Waals surface area contributed by atoms with Gasteiger partial charge < -0.3 is 5.32 Å². The highest BCUT2D eigenvalue weighted by molar-refractivity contribution is 7.99. The lowest BCUT2D eigenvalue weighted by molar-refractivity contribution is -0.118. The first-order valence-corrected chi connectivity index (χ1v) is 9.64. The molecule has 0 bridgehead atoms. The summed E-state index contributed by atoms with van der Waals surface area (Å²) in [5.74, 6) is 2.10. The zero-order valence-electron chi connectivity index (χ0n) is 13.5. The van der Waals surface area contributed by atoms with Crippen LogP contribution in [0.25, 0.3) is 0 Å². The fraction of sp³-hybridized carbons (Fsp3) is 0.438. The molecule has 0 aliphatic carbocycles. The van der Waals surface area contributed by atoms with Gasteiger partial charge in [0, 0.05) is 23.6 Å². The molecule has 1 heterocycles. The van der Waals surface area contributed by atoms with E-state index < -0.39 is 0 Å². The van der Waals surface area contributed by atoms with Crippen molar-refractivity contribution in [2.45, 2.75) is 36.7 Å². The second-order valence-electron chi connectivity index (χ2n) is 5.11. The molecule has 7 heteroatoms. The first-order valence-electron chi connectivity index (χ1n) is 7.67. The highest BCUT2D eigenvalue weighted by Gasteiger charge is 2.07. The molecule has 0 saturated carbocycles. The van der Waals surface area contributed by atoms with Crippen molar-refractivity contribution in [2.24, 2.45) is 0 Å². The van der Waals surface area contributed by atoms with Crippen LogP contribution < -0.4 is 5.32 Å². The van der Waals surface area contributed by atoms with Gasteiger partial charge in [0.05, 0.1) is 5.75 Å². The third-order valence-electron chi connectivity index (χ3n) is 3.04. The second kappa shape index (κ2) is 9.62. The Morgan fingerprint density at radius 2 is 2.04 bits per heavy atom. The van der Waals surface area contributed by atoms with Crippen molar-refractivity contribution >= 4 is 29.4 Å². The number of hydrogen-bond acceptors (Lipinski definition) is 5. The molecule has 2 aromatic rings. The van der Waals surface area contributed by atoms with Crippen LogP contribution in [-0.2, 0) is 11.2 Å². The number of H-pyrrole nitrogens is 1. The van der Waals surface area contributed by atoms with Crippen LogP contribution in [0.3, 0.4) is 0 Å². The van der Waals surface area contributed by atoms with Gasteiger partial charge in [0.2, 0.25) is 11.1 Å². The molecule has 2 N–H and O–H groups in total. The minimum Gasteiger partial charge on any atom is -0.355 e. The van der Waals surface area contributed by atoms with Crippen LogP contribution in [0.4, 0.5) is 0 Å². The number of nitrogens with zero attached hydrogens (tertiary/aromatic N) is 2. The summed E-state index contributed by atoms with van der Waals surface area (Å²) in [4.78, 5) is 17.4. The Hall–Kier alpha value is -1.47. The van der Waals surface area contributed by atoms with Gasteiger partial charge in [-0.25, -0.2) is 4.98 Å². The van der Waals surface area contributed by atoms with E-state index in [0.29, 0.717) is 17.5 Å². The molecule has 0 atom stereocenters. The van der Waals surface area contributed by atoms with E-state index in [0.717, 1.165) is 24.4 Å². The van der Waals surface area contributed by atoms with Crippen LogP contribution in [0, 0.1) is 6.92 Å². The molecule has 0 saturated heterocycles. The molecule has 0 unspecified atom stereocenters. The molecule has 5 nitrogen and oxygen atoms in total. The van der Waals surface area contributed by atoms with Crippen LogP contribution in [0.5, 0.6) is 0 Å². The minimum absolute atomic E-state index is 0.0151. The molecular weight excluding hydrogens is 328 g/mol. The van der Waals surface area contributed by atoms with E-state index >= 15 is 0 Å². The first kappa shape index (κ1) is 17.9. The number of amides is 1. The molecule has 124 valence electrons. The monoisotopic (exact) mass is 350 g/mol. The summed E-state index contributed by atoms with van der Waals surface area (Å²) in [7, 11) is 0. The second-order valence-corrected chi connectivity index (χ2v) is 7.23. The maximum absolute atomic E-state index is 11.8. The number of rotatable bonds is 9. The lowest BCUT2D eigenvalue weighted by Gasteiger charge is -2.04. The number of carbonyl (C=O) groups excluding carboxylic acids is 1. The Labute approximate surface area is 145 Å². The Morgan fingerprint density at radius 1 is 1.26 bits per heavy atom. The van der Waals surface area contributed by atoms with Gasteiger partial charge >= 0.3 is 0 Å². The number of carbonyl (C=O) groups is 1. The van der Waals surface area contributed by atoms with Crippen molar-refractivity contribution < 1.29 is 4.79 Å². The Bertz CT molecular complexity index is 613. The number of aromatic amines is 1. The molecule has 2 rings (SSSR count). The molecule has 0 spiro atoms. The van der Waals surface area contributed by atoms with Crippen LogP contribution >= 0.6 is 23.5 Å². The summed E-state index contributed by atoms with van der Waals surface area (Å²) in [6.07, 6.45) is 1.91. The minimum atomic E-state index is 0.0151. The molecule has 1 aromatic carbocycles. The molecule has 0 aliphatic heterocycles. The largest absolute Gasteiger partial charge is 0.355 e. The highest BCUT2D eigenvalue weighted by Crippen LogP contribution is 2.17. The van der Waals surface area contributed by atoms with Gasteiger partial charge in [-0.2, -0.15) is 0 Å². The lowest BCUT2D eigenvalue weighted by atomic mass is 10.2. The van der Waals surface area contributed by atoms with Gasteiger partial charge in [-0.1, -0.05) is 36.4 Å². The predicted molar refractivity (Wildman–Crippen MR) is 96.0 cm³/mol. The highest BCUT2D eigenvalue weighted by atomic mass is 32.2. The van der Waals surface area contributed by atoms with Crippen molar-refractivity contribution in [1.82, 2.24) is 20.5 Å². The standard InChI is InChI=1S/C16H22N4OS2/c1-3-4-14-18-16(20-19-14)23-11-15(21)17-9-10-22-13-7-5-12(2)6-8-13/h5-8H,3-4,9-11H2,1-2H3,(H,17,21)(H,18,19,20). The molecule has 23 heavy (non-hydrogen) atoms. The molecular formula is C16H22N4OS2. The molecule has 0 aliphatic rings. The molecule has 0 radical (unpaired) electrons. The summed E-state index contributed by atoms with van der Waals surface area (Å²) in [6.45, 7) is 4.83. The zero-order chi connectivity index (χ0) is 16.5. The number of thioether (sulfide) groups is 2. The average molecular weight is 351 g/mol. The average Bonchev–Trinajstić information content (AvgIpc) is 2.99. The summed E-state index contributed by atoms with van der Waals surface area (Å²) in [6, 6.07) is 8.41. The summed E-state index contributed by atoms with van der Waals surface area (Å²) >= 11 is 3.10. The van der Waals surface area contributed by atoms with Gasteiger partial charge in [0.25, 0.3) is 0 Å². The van der Waals surface area contributed by atoms with E-state index in [1.54, 1.807) is 11.8 Å². The SMILES string of the molecule is CCCc1nc(SCC(=O)NCCSc2ccc(C)cc2)n[nH]1. The van der Waals surface area contributed by atoms with Crippen molar-refractivity contribution in [1.29, 1.82) is 0 Å². The quantitative estimate of drug-likeness (QED) is 0.537. The van der Waals surface area contributed by atoms with Crippen LogP contribution in [0.15, 0.2) is 34.3 Å². The predicted octanol–water partition coefficient (Wildman–Crippen LogP) is 3.07. The van der Waals surface area contributed by atoms with Gasteiger partial charge in [-0.05, 0) is 25.5 Å². The molecule has 0 fully saturated rings. The van der Waals surface area contributed by atoms with Crippen LogP contribution in [-0.4, -0.2) is 39.1 Å². The van der Waals surface area contributed by atoms with E-state index in [1.165, 1.54) is 22.2 Å². The normalized spacial score (nSPS) is 10.7. The van der Waals surface area contributed by atoms with E-state index in [9.17, 15) is 4.79 Å². The van der Waals surface area contributed by atoms with Gasteiger partial charge in [-0.15, -0.1) is 16.9 Å². The number of hydrogen-bond donors (Lipinski definition) is 2. The third kappa shape index (κ3) is 6.66. The third-order valence-corrected chi connectivity index (χ3v) is 4.91. The Balaban J connectivity index is 1.60. The van der Waals surface area contributed by atoms with Gasteiger partial charge in [-0.3, -0.25) is 9.89 Å². The van der Waals surface area contributed by atoms with E-state index in [2.05, 4.69) is 58.6 Å². The van der Waals surface area contributed by atoms with Gasteiger partial charge in [0.1, 0.15) is 5.82 Å². The smallest absolute Gasteiger partial charge is 0.230 e. The van der Waals surface area contributed by atoms with E-state index in [1.807, 2.05) is 0 Å². The fourth-order valence-corrected chi connectivity index (χ4v) is 3.28. The maximum atomic E-state index is 11.8. The Kier molecular flexibility index (Phi) is 7.48. The number of benzene rings is 1. The van der Waals surface area contributed by atoms with Crippen molar-refractivity contribution in [3.05, 3.63) is 35.7 Å². The summed E-state index contributed by atoms with van der Waals surface area (Å²) < 4.78 is 0. The van der Waals surface area contributed by atoms with Crippen molar-refractivity contribution in [2.75, 3.05) is 18.1 Å². The molecule has 1 aromatic heterocycles. The van der Waals surface area contributed by atoms with Crippen LogP contribution in [0.1, 0.15) is 24.7 Å². The number of nitrogens with one attached hydrogen (secondary N) is 2. The van der Waals surface area contributed by atoms with Crippen molar-refractivity contribution in [3.63, 3.8) is 0 Å². The van der Waals surface area contributed by atoms with Crippen LogP contribution in [0.2, 0.25) is 0 Å². The first-order chi connectivity index (χ1) is 11.2. The number of aryl methyl sites for hydroxylation is 2. The van der Waals surface area contributed by atoms with Gasteiger partial charge in [0.15, 0.2) is 0 Å². The number of aromatic nitrogens is 3. The van der Waals surface area contributed by atoms with E-state index in [-0.39, 0.29) is 5.91 Å². The Morgan fingerprint density at radius 3 is 2.78 bits per heavy atom. The van der Waals surface area contributed by atoms with Crippen molar-refractivity contribution in [3.8, 4) is 0 Å². The zero-order valence-corrected chi connectivity index (χ0v) is 15.1. The van der Waals surface area contributed by atoms with E-state index in [4.69, 9.17) is 0 Å². The summed E-state index contributed by atoms with van der Waals surface area (Å²) in [5.41, 5.74) is 1.26. The molecule has 1 amide bonds. The topological polar surface area (TPSA) is 70.7 Å². The maximum Gasteiger partial charge on any atom is 0.230 e.